The normalized spacial score (nSPS) is 13.2. The molecule has 3 heteroatoms. The molecule has 0 N–H and O–H groups in total. The Balaban J connectivity index is 0.941. The molecule has 0 radical (unpaired) electrons. The summed E-state index contributed by atoms with van der Waals surface area (Å²) in [5.41, 5.74) is 16.4. The third-order valence-electron chi connectivity index (χ3n) is 11.7. The SMILES string of the molecule is CC1(C)c2cc(/C=C/c3ccc(N(c4ccccc4)c4ccc5oc6ccccc6c5c4)cc3)ccc2-c2ccc3c4ccccc4n(-c4ccccc4)c3c21. The van der Waals surface area contributed by atoms with Crippen molar-refractivity contribution in [1.29, 1.82) is 0 Å². The first kappa shape index (κ1) is 32.3. The van der Waals surface area contributed by atoms with Crippen LogP contribution in [-0.4, -0.2) is 4.57 Å². The molecule has 10 aromatic rings. The maximum atomic E-state index is 6.15. The van der Waals surface area contributed by atoms with Crippen LogP contribution in [0.4, 0.5) is 17.1 Å². The largest absolute Gasteiger partial charge is 0.456 e. The van der Waals surface area contributed by atoms with Gasteiger partial charge in [-0.3, -0.25) is 0 Å². The first-order chi connectivity index (χ1) is 27.5. The number of para-hydroxylation sites is 4. The van der Waals surface area contributed by atoms with Crippen molar-refractivity contribution in [2.45, 2.75) is 19.3 Å². The summed E-state index contributed by atoms with van der Waals surface area (Å²) >= 11 is 0. The quantitative estimate of drug-likeness (QED) is 0.160. The predicted molar refractivity (Wildman–Crippen MR) is 236 cm³/mol. The lowest BCUT2D eigenvalue weighted by molar-refractivity contribution is 0.663. The Bertz CT molecular complexity index is 3150. The van der Waals surface area contributed by atoms with E-state index >= 15 is 0 Å². The van der Waals surface area contributed by atoms with E-state index in [0.29, 0.717) is 0 Å². The fourth-order valence-electron chi connectivity index (χ4n) is 9.12. The van der Waals surface area contributed by atoms with Crippen LogP contribution in [-0.2, 0) is 5.41 Å². The molecule has 1 aliphatic carbocycles. The van der Waals surface area contributed by atoms with E-state index in [0.717, 1.165) is 44.6 Å². The van der Waals surface area contributed by atoms with Crippen LogP contribution in [0.15, 0.2) is 186 Å². The summed E-state index contributed by atoms with van der Waals surface area (Å²) in [7, 11) is 0. The van der Waals surface area contributed by atoms with Crippen molar-refractivity contribution in [3.63, 3.8) is 0 Å². The van der Waals surface area contributed by atoms with Gasteiger partial charge in [-0.25, -0.2) is 0 Å². The summed E-state index contributed by atoms with van der Waals surface area (Å²) < 4.78 is 8.62. The molecule has 2 heterocycles. The standard InChI is InChI=1S/C53H38N2O/c1-53(2)47-33-36(25-29-41(47)44-30-31-45-42-17-9-11-19-48(42)55(52(45)51(44)53)38-15-7-4-8-16-38)22-21-35-23-26-39(27-24-35)54(37-13-5-3-6-14-37)40-28-32-50-46(34-40)43-18-10-12-20-49(43)56-50/h3-34H,1-2H3/b22-21+. The Morgan fingerprint density at radius 2 is 1.11 bits per heavy atom. The van der Waals surface area contributed by atoms with Crippen molar-refractivity contribution in [2.75, 3.05) is 4.90 Å². The number of benzene rings is 8. The number of anilines is 3. The summed E-state index contributed by atoms with van der Waals surface area (Å²) in [6.45, 7) is 4.78. The fourth-order valence-corrected chi connectivity index (χ4v) is 9.12. The van der Waals surface area contributed by atoms with E-state index in [1.54, 1.807) is 0 Å². The smallest absolute Gasteiger partial charge is 0.135 e. The Morgan fingerprint density at radius 3 is 1.93 bits per heavy atom. The van der Waals surface area contributed by atoms with Gasteiger partial charge in [0, 0.05) is 49.7 Å². The predicted octanol–water partition coefficient (Wildman–Crippen LogP) is 14.6. The van der Waals surface area contributed by atoms with Gasteiger partial charge in [-0.2, -0.15) is 0 Å². The molecule has 0 unspecified atom stereocenters. The van der Waals surface area contributed by atoms with Gasteiger partial charge < -0.3 is 13.9 Å². The second-order valence-electron chi connectivity index (χ2n) is 15.4. The Kier molecular flexibility index (Phi) is 7.20. The highest BCUT2D eigenvalue weighted by atomic mass is 16.3. The van der Waals surface area contributed by atoms with E-state index in [-0.39, 0.29) is 5.41 Å². The van der Waals surface area contributed by atoms with Gasteiger partial charge in [-0.1, -0.05) is 141 Å². The molecule has 11 rings (SSSR count). The Labute approximate surface area is 326 Å². The summed E-state index contributed by atoms with van der Waals surface area (Å²) in [5.74, 6) is 0. The van der Waals surface area contributed by atoms with Crippen LogP contribution in [0.2, 0.25) is 0 Å². The molecule has 0 aliphatic heterocycles. The zero-order valence-corrected chi connectivity index (χ0v) is 31.3. The van der Waals surface area contributed by atoms with Crippen LogP contribution >= 0.6 is 0 Å². The van der Waals surface area contributed by atoms with Crippen molar-refractivity contribution < 1.29 is 4.42 Å². The van der Waals surface area contributed by atoms with Gasteiger partial charge in [0.2, 0.25) is 0 Å². The minimum atomic E-state index is -0.191. The second-order valence-corrected chi connectivity index (χ2v) is 15.4. The number of hydrogen-bond donors (Lipinski definition) is 0. The lowest BCUT2D eigenvalue weighted by Crippen LogP contribution is -2.16. The molecule has 3 nitrogen and oxygen atoms in total. The highest BCUT2D eigenvalue weighted by Crippen LogP contribution is 2.53. The molecule has 0 fully saturated rings. The zero-order chi connectivity index (χ0) is 37.4. The number of nitrogens with zero attached hydrogens (tertiary/aromatic N) is 2. The van der Waals surface area contributed by atoms with Gasteiger partial charge in [0.1, 0.15) is 11.2 Å². The second kappa shape index (κ2) is 12.5. The van der Waals surface area contributed by atoms with E-state index in [1.807, 2.05) is 12.1 Å². The number of furan rings is 1. The van der Waals surface area contributed by atoms with Gasteiger partial charge in [-0.15, -0.1) is 0 Å². The number of aromatic nitrogens is 1. The van der Waals surface area contributed by atoms with Crippen LogP contribution in [0.1, 0.15) is 36.1 Å². The first-order valence-corrected chi connectivity index (χ1v) is 19.3. The summed E-state index contributed by atoms with van der Waals surface area (Å²) in [5, 5.41) is 4.83. The Morgan fingerprint density at radius 1 is 0.482 bits per heavy atom. The number of fused-ring (bicyclic) bond motifs is 10. The molecule has 0 saturated heterocycles. The molecule has 0 bridgehead atoms. The van der Waals surface area contributed by atoms with Crippen LogP contribution in [0.3, 0.4) is 0 Å². The van der Waals surface area contributed by atoms with E-state index in [1.165, 1.54) is 55.3 Å². The molecular formula is C53H38N2O. The Hall–Kier alpha value is -7.10. The maximum Gasteiger partial charge on any atom is 0.135 e. The van der Waals surface area contributed by atoms with Gasteiger partial charge >= 0.3 is 0 Å². The van der Waals surface area contributed by atoms with E-state index in [2.05, 4.69) is 205 Å². The van der Waals surface area contributed by atoms with Crippen molar-refractivity contribution in [2.24, 2.45) is 0 Å². The minimum Gasteiger partial charge on any atom is -0.456 e. The molecule has 1 aliphatic rings. The van der Waals surface area contributed by atoms with Crippen LogP contribution in [0.25, 0.3) is 72.7 Å². The highest BCUT2D eigenvalue weighted by Gasteiger charge is 2.38. The zero-order valence-electron chi connectivity index (χ0n) is 31.3. The van der Waals surface area contributed by atoms with Crippen molar-refractivity contribution in [3.05, 3.63) is 204 Å². The first-order valence-electron chi connectivity index (χ1n) is 19.3. The van der Waals surface area contributed by atoms with Gasteiger partial charge in [0.25, 0.3) is 0 Å². The molecule has 2 aromatic heterocycles. The molecule has 0 atom stereocenters. The number of rotatable bonds is 6. The third kappa shape index (κ3) is 4.98. The lowest BCUT2D eigenvalue weighted by atomic mass is 9.81. The molecule has 0 spiro atoms. The fraction of sp³-hybridized carbons (Fsp3) is 0.0566. The topological polar surface area (TPSA) is 21.3 Å². The highest BCUT2D eigenvalue weighted by molar-refractivity contribution is 6.13. The molecule has 266 valence electrons. The van der Waals surface area contributed by atoms with Crippen molar-refractivity contribution >= 4 is 73.0 Å². The van der Waals surface area contributed by atoms with E-state index in [4.69, 9.17) is 4.42 Å². The van der Waals surface area contributed by atoms with Crippen LogP contribution in [0, 0.1) is 0 Å². The minimum absolute atomic E-state index is 0.191. The monoisotopic (exact) mass is 718 g/mol. The molecule has 56 heavy (non-hydrogen) atoms. The summed E-state index contributed by atoms with van der Waals surface area (Å²) in [6.07, 6.45) is 4.47. The van der Waals surface area contributed by atoms with Gasteiger partial charge in [0.05, 0.1) is 11.0 Å². The third-order valence-corrected chi connectivity index (χ3v) is 11.7. The average molecular weight is 719 g/mol. The molecule has 8 aromatic carbocycles. The molecule has 0 amide bonds. The number of hydrogen-bond acceptors (Lipinski definition) is 2. The lowest BCUT2D eigenvalue weighted by Gasteiger charge is -2.25. The van der Waals surface area contributed by atoms with Crippen molar-refractivity contribution in [3.8, 4) is 16.8 Å². The van der Waals surface area contributed by atoms with E-state index in [9.17, 15) is 0 Å². The van der Waals surface area contributed by atoms with Gasteiger partial charge in [-0.05, 0) is 100 Å². The van der Waals surface area contributed by atoms with Crippen LogP contribution < -0.4 is 4.90 Å². The van der Waals surface area contributed by atoms with Crippen LogP contribution in [0.5, 0.6) is 0 Å². The van der Waals surface area contributed by atoms with Crippen molar-refractivity contribution in [1.82, 2.24) is 4.57 Å². The molecular weight excluding hydrogens is 681 g/mol. The maximum absolute atomic E-state index is 6.15. The summed E-state index contributed by atoms with van der Waals surface area (Å²) in [4.78, 5) is 2.31. The van der Waals surface area contributed by atoms with Gasteiger partial charge in [0.15, 0.2) is 0 Å². The molecule has 0 saturated carbocycles. The van der Waals surface area contributed by atoms with E-state index < -0.39 is 0 Å². The summed E-state index contributed by atoms with van der Waals surface area (Å²) in [6, 6.07) is 65.4. The average Bonchev–Trinajstić information content (AvgIpc) is 3.86.